The molecular weight excluding hydrogens is 590 g/mol. The molecule has 1 fully saturated rings. The number of ether oxygens (including phenoxy) is 2. The molecule has 1 atom stereocenters. The SMILES string of the molecule is O=C(NC(=S)Nc1ccc(S(=O)(=O)NCC2CCCO2)cc1)c1cc(Br)ccc1OCCc1ccccc1. The van der Waals surface area contributed by atoms with Crippen molar-refractivity contribution in [3.8, 4) is 5.75 Å². The maximum Gasteiger partial charge on any atom is 0.261 e. The molecule has 0 aromatic heterocycles. The van der Waals surface area contributed by atoms with Gasteiger partial charge in [-0.15, -0.1) is 0 Å². The lowest BCUT2D eigenvalue weighted by Gasteiger charge is -2.14. The number of hydrogen-bond acceptors (Lipinski definition) is 6. The van der Waals surface area contributed by atoms with E-state index in [4.69, 9.17) is 21.7 Å². The minimum absolute atomic E-state index is 0.0670. The Hall–Kier alpha value is -2.83. The third-order valence-corrected chi connectivity index (χ3v) is 7.99. The molecule has 200 valence electrons. The highest BCUT2D eigenvalue weighted by Gasteiger charge is 2.20. The Bertz CT molecular complexity index is 1360. The van der Waals surface area contributed by atoms with Crippen molar-refractivity contribution in [1.82, 2.24) is 10.0 Å². The topological polar surface area (TPSA) is 106 Å². The Morgan fingerprint density at radius 2 is 1.84 bits per heavy atom. The number of rotatable bonds is 10. The predicted octanol–water partition coefficient (Wildman–Crippen LogP) is 4.65. The zero-order valence-corrected chi connectivity index (χ0v) is 23.7. The van der Waals surface area contributed by atoms with Gasteiger partial charge in [-0.05, 0) is 73.1 Å². The third-order valence-electron chi connectivity index (χ3n) is 5.85. The number of benzene rings is 3. The third kappa shape index (κ3) is 8.08. The molecule has 1 heterocycles. The van der Waals surface area contributed by atoms with Gasteiger partial charge in [0.2, 0.25) is 10.0 Å². The van der Waals surface area contributed by atoms with Gasteiger partial charge in [0.05, 0.1) is 23.2 Å². The second kappa shape index (κ2) is 13.3. The van der Waals surface area contributed by atoms with E-state index < -0.39 is 15.9 Å². The summed E-state index contributed by atoms with van der Waals surface area (Å²) in [4.78, 5) is 13.1. The average Bonchev–Trinajstić information content (AvgIpc) is 3.43. The second-order valence-electron chi connectivity index (χ2n) is 8.64. The summed E-state index contributed by atoms with van der Waals surface area (Å²) in [5.41, 5.74) is 2.00. The molecule has 1 amide bonds. The van der Waals surface area contributed by atoms with Crippen molar-refractivity contribution in [2.24, 2.45) is 0 Å². The molecule has 0 spiro atoms. The normalized spacial score (nSPS) is 15.1. The first kappa shape index (κ1) is 28.2. The number of nitrogens with one attached hydrogen (secondary N) is 3. The lowest BCUT2D eigenvalue weighted by atomic mass is 10.1. The number of amides is 1. The van der Waals surface area contributed by atoms with Gasteiger partial charge in [-0.3, -0.25) is 10.1 Å². The monoisotopic (exact) mass is 617 g/mol. The van der Waals surface area contributed by atoms with Gasteiger partial charge in [0.1, 0.15) is 5.75 Å². The number of halogens is 1. The van der Waals surface area contributed by atoms with Gasteiger partial charge in [-0.2, -0.15) is 0 Å². The van der Waals surface area contributed by atoms with E-state index in [2.05, 4.69) is 31.3 Å². The van der Waals surface area contributed by atoms with Crippen molar-refractivity contribution in [2.75, 3.05) is 25.1 Å². The molecule has 0 radical (unpaired) electrons. The van der Waals surface area contributed by atoms with Crippen LogP contribution in [0.25, 0.3) is 0 Å². The van der Waals surface area contributed by atoms with E-state index in [1.54, 1.807) is 30.3 Å². The van der Waals surface area contributed by atoms with Gasteiger partial charge in [0, 0.05) is 29.7 Å². The van der Waals surface area contributed by atoms with E-state index in [1.807, 2.05) is 30.3 Å². The predicted molar refractivity (Wildman–Crippen MR) is 154 cm³/mol. The van der Waals surface area contributed by atoms with Gasteiger partial charge in [0.25, 0.3) is 5.91 Å². The highest BCUT2D eigenvalue weighted by atomic mass is 79.9. The molecule has 38 heavy (non-hydrogen) atoms. The van der Waals surface area contributed by atoms with E-state index in [0.717, 1.165) is 22.9 Å². The number of hydrogen-bond donors (Lipinski definition) is 3. The molecule has 8 nitrogen and oxygen atoms in total. The van der Waals surface area contributed by atoms with E-state index in [-0.39, 0.29) is 22.7 Å². The van der Waals surface area contributed by atoms with Gasteiger partial charge >= 0.3 is 0 Å². The number of sulfonamides is 1. The van der Waals surface area contributed by atoms with Crippen LogP contribution in [0.5, 0.6) is 5.75 Å². The van der Waals surface area contributed by atoms with E-state index in [1.165, 1.54) is 12.1 Å². The number of anilines is 1. The Morgan fingerprint density at radius 1 is 1.08 bits per heavy atom. The molecule has 0 aliphatic carbocycles. The van der Waals surface area contributed by atoms with Crippen molar-refractivity contribution in [3.63, 3.8) is 0 Å². The minimum atomic E-state index is -3.66. The first-order chi connectivity index (χ1) is 18.3. The maximum atomic E-state index is 13.0. The number of thiocarbonyl (C=S) groups is 1. The molecular formula is C27H28BrN3O5S2. The largest absolute Gasteiger partial charge is 0.492 e. The van der Waals surface area contributed by atoms with E-state index in [0.29, 0.717) is 36.6 Å². The summed E-state index contributed by atoms with van der Waals surface area (Å²) in [6.07, 6.45) is 2.39. The number of carbonyl (C=O) groups is 1. The second-order valence-corrected chi connectivity index (χ2v) is 11.7. The van der Waals surface area contributed by atoms with Crippen molar-refractivity contribution in [2.45, 2.75) is 30.3 Å². The van der Waals surface area contributed by atoms with Crippen LogP contribution < -0.4 is 20.1 Å². The Balaban J connectivity index is 1.32. The van der Waals surface area contributed by atoms with Crippen LogP contribution in [0.1, 0.15) is 28.8 Å². The van der Waals surface area contributed by atoms with Crippen LogP contribution >= 0.6 is 28.1 Å². The van der Waals surface area contributed by atoms with Crippen LogP contribution in [0.2, 0.25) is 0 Å². The molecule has 1 unspecified atom stereocenters. The Labute approximate surface area is 236 Å². The minimum Gasteiger partial charge on any atom is -0.492 e. The van der Waals surface area contributed by atoms with Crippen LogP contribution in [0.4, 0.5) is 5.69 Å². The smallest absolute Gasteiger partial charge is 0.261 e. The summed E-state index contributed by atoms with van der Waals surface area (Å²) < 4.78 is 39.8. The maximum absolute atomic E-state index is 13.0. The van der Waals surface area contributed by atoms with Crippen molar-refractivity contribution in [3.05, 3.63) is 88.4 Å². The van der Waals surface area contributed by atoms with Crippen molar-refractivity contribution < 1.29 is 22.7 Å². The lowest BCUT2D eigenvalue weighted by Crippen LogP contribution is -2.34. The van der Waals surface area contributed by atoms with Crippen LogP contribution in [-0.4, -0.2) is 45.3 Å². The molecule has 0 bridgehead atoms. The summed E-state index contributed by atoms with van der Waals surface area (Å²) in [6.45, 7) is 1.31. The Morgan fingerprint density at radius 3 is 2.55 bits per heavy atom. The quantitative estimate of drug-likeness (QED) is 0.284. The zero-order chi connectivity index (χ0) is 27.0. The van der Waals surface area contributed by atoms with Crippen LogP contribution in [0, 0.1) is 0 Å². The molecule has 11 heteroatoms. The molecule has 3 N–H and O–H groups in total. The van der Waals surface area contributed by atoms with E-state index in [9.17, 15) is 13.2 Å². The molecule has 3 aromatic carbocycles. The number of carbonyl (C=O) groups excluding carboxylic acids is 1. The van der Waals surface area contributed by atoms with Crippen LogP contribution in [0.3, 0.4) is 0 Å². The molecule has 1 aliphatic heterocycles. The first-order valence-electron chi connectivity index (χ1n) is 12.1. The van der Waals surface area contributed by atoms with E-state index >= 15 is 0 Å². The van der Waals surface area contributed by atoms with Crippen LogP contribution in [0.15, 0.2) is 82.2 Å². The van der Waals surface area contributed by atoms with Gasteiger partial charge in [-0.1, -0.05) is 46.3 Å². The summed E-state index contributed by atoms with van der Waals surface area (Å²) >= 11 is 8.71. The summed E-state index contributed by atoms with van der Waals surface area (Å²) in [6, 6.07) is 21.2. The fraction of sp³-hybridized carbons (Fsp3) is 0.259. The highest BCUT2D eigenvalue weighted by molar-refractivity contribution is 9.10. The van der Waals surface area contributed by atoms with Crippen molar-refractivity contribution in [1.29, 1.82) is 0 Å². The fourth-order valence-electron chi connectivity index (χ4n) is 3.87. The highest BCUT2D eigenvalue weighted by Crippen LogP contribution is 2.24. The summed E-state index contributed by atoms with van der Waals surface area (Å²) in [5.74, 6) is 0.00513. The standard InChI is InChI=1S/C27H28BrN3O5S2/c28-20-8-13-25(36-16-14-19-5-2-1-3-6-19)24(17-20)26(32)31-27(37)30-21-9-11-23(12-10-21)38(33,34)29-18-22-7-4-15-35-22/h1-3,5-6,8-13,17,22,29H,4,7,14-16,18H2,(H2,30,31,32,37). The molecule has 0 saturated carbocycles. The van der Waals surface area contributed by atoms with Gasteiger partial charge < -0.3 is 14.8 Å². The molecule has 1 saturated heterocycles. The summed E-state index contributed by atoms with van der Waals surface area (Å²) in [7, 11) is -3.66. The van der Waals surface area contributed by atoms with Crippen molar-refractivity contribution >= 4 is 54.9 Å². The summed E-state index contributed by atoms with van der Waals surface area (Å²) in [5, 5.41) is 5.63. The van der Waals surface area contributed by atoms with Gasteiger partial charge in [-0.25, -0.2) is 13.1 Å². The Kier molecular flexibility index (Phi) is 9.86. The van der Waals surface area contributed by atoms with Crippen LogP contribution in [-0.2, 0) is 21.2 Å². The fourth-order valence-corrected chi connectivity index (χ4v) is 5.51. The first-order valence-corrected chi connectivity index (χ1v) is 14.8. The van der Waals surface area contributed by atoms with Gasteiger partial charge in [0.15, 0.2) is 5.11 Å². The molecule has 4 rings (SSSR count). The average molecular weight is 619 g/mol. The molecule has 3 aromatic rings. The molecule has 1 aliphatic rings. The lowest BCUT2D eigenvalue weighted by molar-refractivity contribution is 0.0973. The zero-order valence-electron chi connectivity index (χ0n) is 20.5.